The van der Waals surface area contributed by atoms with E-state index in [1.54, 1.807) is 0 Å². The molecule has 0 aliphatic heterocycles. The molecule has 0 saturated carbocycles. The molecule has 0 saturated heterocycles. The summed E-state index contributed by atoms with van der Waals surface area (Å²) in [4.78, 5) is 14.6. The van der Waals surface area contributed by atoms with Gasteiger partial charge in [0.25, 0.3) is 0 Å². The van der Waals surface area contributed by atoms with E-state index in [1.807, 2.05) is 60.7 Å². The first-order valence-electron chi connectivity index (χ1n) is 16.5. The van der Waals surface area contributed by atoms with Gasteiger partial charge in [-0.1, -0.05) is 152 Å². The molecular weight excluding hydrogens is 597 g/mol. The molecule has 0 aliphatic carbocycles. The van der Waals surface area contributed by atoms with Crippen molar-refractivity contribution < 1.29 is 0 Å². The smallest absolute Gasteiger partial charge is 0.164 e. The molecule has 9 rings (SSSR count). The van der Waals surface area contributed by atoms with Crippen LogP contribution in [0.15, 0.2) is 182 Å². The zero-order valence-corrected chi connectivity index (χ0v) is 26.6. The van der Waals surface area contributed by atoms with Crippen LogP contribution in [0, 0.1) is 0 Å². The molecule has 230 valence electrons. The maximum atomic E-state index is 4.91. The Balaban J connectivity index is 1.09. The molecule has 0 radical (unpaired) electrons. The van der Waals surface area contributed by atoms with E-state index in [9.17, 15) is 0 Å². The molecule has 2 heterocycles. The number of hydrogen-bond donors (Lipinski definition) is 0. The highest BCUT2D eigenvalue weighted by Crippen LogP contribution is 2.36. The Bertz CT molecular complexity index is 2500. The van der Waals surface area contributed by atoms with Gasteiger partial charge in [-0.25, -0.2) is 15.0 Å². The first-order chi connectivity index (χ1) is 24.3. The normalized spacial score (nSPS) is 11.3. The van der Waals surface area contributed by atoms with Crippen LogP contribution in [0.1, 0.15) is 0 Å². The Morgan fingerprint density at radius 1 is 0.286 bits per heavy atom. The van der Waals surface area contributed by atoms with Gasteiger partial charge in [0.15, 0.2) is 17.5 Å². The van der Waals surface area contributed by atoms with Crippen LogP contribution in [-0.4, -0.2) is 19.5 Å². The summed E-state index contributed by atoms with van der Waals surface area (Å²) >= 11 is 0. The second kappa shape index (κ2) is 12.2. The molecule has 2 aromatic heterocycles. The van der Waals surface area contributed by atoms with Gasteiger partial charge in [-0.2, -0.15) is 0 Å². The van der Waals surface area contributed by atoms with Crippen LogP contribution in [0.25, 0.3) is 83.9 Å². The monoisotopic (exact) mass is 626 g/mol. The van der Waals surface area contributed by atoms with E-state index in [1.165, 1.54) is 32.9 Å². The minimum atomic E-state index is 0.649. The maximum Gasteiger partial charge on any atom is 0.164 e. The molecule has 0 bridgehead atoms. The zero-order valence-electron chi connectivity index (χ0n) is 26.6. The lowest BCUT2D eigenvalue weighted by molar-refractivity contribution is 1.07. The Morgan fingerprint density at radius 3 is 1.27 bits per heavy atom. The molecule has 0 spiro atoms. The second-order valence-corrected chi connectivity index (χ2v) is 12.1. The summed E-state index contributed by atoms with van der Waals surface area (Å²) in [5, 5.41) is 2.46. The van der Waals surface area contributed by atoms with Gasteiger partial charge in [-0.15, -0.1) is 0 Å². The summed E-state index contributed by atoms with van der Waals surface area (Å²) in [6, 6.07) is 63.5. The first kappa shape index (κ1) is 28.6. The van der Waals surface area contributed by atoms with Crippen molar-refractivity contribution in [2.24, 2.45) is 0 Å². The van der Waals surface area contributed by atoms with Crippen molar-refractivity contribution >= 4 is 21.8 Å². The average Bonchev–Trinajstić information content (AvgIpc) is 3.52. The van der Waals surface area contributed by atoms with Crippen LogP contribution in [0.4, 0.5) is 0 Å². The molecule has 0 aliphatic rings. The van der Waals surface area contributed by atoms with Crippen LogP contribution in [-0.2, 0) is 0 Å². The van der Waals surface area contributed by atoms with Crippen molar-refractivity contribution in [1.29, 1.82) is 0 Å². The van der Waals surface area contributed by atoms with Crippen LogP contribution in [0.3, 0.4) is 0 Å². The van der Waals surface area contributed by atoms with Crippen LogP contribution in [0.2, 0.25) is 0 Å². The topological polar surface area (TPSA) is 43.6 Å². The fourth-order valence-corrected chi connectivity index (χ4v) is 6.61. The fourth-order valence-electron chi connectivity index (χ4n) is 6.61. The minimum absolute atomic E-state index is 0.649. The molecule has 9 aromatic rings. The molecule has 49 heavy (non-hydrogen) atoms. The van der Waals surface area contributed by atoms with Crippen molar-refractivity contribution in [2.75, 3.05) is 0 Å². The lowest BCUT2D eigenvalue weighted by Crippen LogP contribution is -2.00. The van der Waals surface area contributed by atoms with E-state index in [-0.39, 0.29) is 0 Å². The summed E-state index contributed by atoms with van der Waals surface area (Å²) in [6.07, 6.45) is 0. The molecule has 7 aromatic carbocycles. The highest BCUT2D eigenvalue weighted by atomic mass is 15.0. The van der Waals surface area contributed by atoms with Gasteiger partial charge in [0.1, 0.15) is 0 Å². The van der Waals surface area contributed by atoms with Gasteiger partial charge >= 0.3 is 0 Å². The molecule has 0 unspecified atom stereocenters. The van der Waals surface area contributed by atoms with Gasteiger partial charge < -0.3 is 4.57 Å². The van der Waals surface area contributed by atoms with Crippen LogP contribution < -0.4 is 0 Å². The number of para-hydroxylation sites is 1. The van der Waals surface area contributed by atoms with Crippen molar-refractivity contribution in [2.45, 2.75) is 0 Å². The summed E-state index contributed by atoms with van der Waals surface area (Å²) in [6.45, 7) is 0. The van der Waals surface area contributed by atoms with Gasteiger partial charge in [0.2, 0.25) is 0 Å². The summed E-state index contributed by atoms with van der Waals surface area (Å²) < 4.78 is 2.36. The van der Waals surface area contributed by atoms with E-state index >= 15 is 0 Å². The molecule has 0 N–H and O–H groups in total. The summed E-state index contributed by atoms with van der Waals surface area (Å²) in [5.74, 6) is 1.96. The predicted octanol–water partition coefficient (Wildman–Crippen LogP) is 11.3. The van der Waals surface area contributed by atoms with Crippen molar-refractivity contribution in [3.8, 4) is 62.1 Å². The minimum Gasteiger partial charge on any atom is -0.309 e. The molecule has 0 atom stereocenters. The Labute approximate surface area is 284 Å². The van der Waals surface area contributed by atoms with E-state index in [4.69, 9.17) is 15.0 Å². The van der Waals surface area contributed by atoms with Gasteiger partial charge in [0.05, 0.1) is 11.0 Å². The standard InChI is InChI=1S/C45H30N4/c1-4-12-31(13-5-1)32-24-27-38(28-25-32)49-41-19-11-10-18-39(41)40-30-37(26-29-42(40)49)33-20-22-36(23-21-33)45-47-43(34-14-6-2-7-15-34)46-44(48-45)35-16-8-3-9-17-35/h1-30H. The van der Waals surface area contributed by atoms with Gasteiger partial charge in [-0.3, -0.25) is 0 Å². The van der Waals surface area contributed by atoms with E-state index in [0.29, 0.717) is 17.5 Å². The Morgan fingerprint density at radius 2 is 0.673 bits per heavy atom. The number of hydrogen-bond acceptors (Lipinski definition) is 3. The molecule has 0 fully saturated rings. The van der Waals surface area contributed by atoms with Crippen molar-refractivity contribution in [3.05, 3.63) is 182 Å². The number of nitrogens with zero attached hydrogens (tertiary/aromatic N) is 4. The lowest BCUT2D eigenvalue weighted by atomic mass is 10.0. The van der Waals surface area contributed by atoms with Gasteiger partial charge in [0, 0.05) is 33.2 Å². The molecule has 4 heteroatoms. The Kier molecular flexibility index (Phi) is 7.10. The zero-order chi connectivity index (χ0) is 32.6. The highest BCUT2D eigenvalue weighted by Gasteiger charge is 2.15. The SMILES string of the molecule is c1ccc(-c2ccc(-n3c4ccccc4c4cc(-c5ccc(-c6nc(-c7ccccc7)nc(-c7ccccc7)n6)cc5)ccc43)cc2)cc1. The van der Waals surface area contributed by atoms with E-state index in [0.717, 1.165) is 33.5 Å². The number of fused-ring (bicyclic) bond motifs is 3. The van der Waals surface area contributed by atoms with E-state index in [2.05, 4.69) is 126 Å². The maximum absolute atomic E-state index is 4.91. The quantitative estimate of drug-likeness (QED) is 0.184. The third-order valence-electron chi connectivity index (χ3n) is 9.08. The largest absolute Gasteiger partial charge is 0.309 e. The van der Waals surface area contributed by atoms with Crippen molar-refractivity contribution in [1.82, 2.24) is 19.5 Å². The molecule has 0 amide bonds. The number of benzene rings is 7. The number of aromatic nitrogens is 4. The average molecular weight is 627 g/mol. The highest BCUT2D eigenvalue weighted by molar-refractivity contribution is 6.10. The molecular formula is C45H30N4. The third kappa shape index (κ3) is 5.35. The fraction of sp³-hybridized carbons (Fsp3) is 0. The predicted molar refractivity (Wildman–Crippen MR) is 201 cm³/mol. The second-order valence-electron chi connectivity index (χ2n) is 12.1. The van der Waals surface area contributed by atoms with Crippen LogP contribution in [0.5, 0.6) is 0 Å². The third-order valence-corrected chi connectivity index (χ3v) is 9.08. The lowest BCUT2D eigenvalue weighted by Gasteiger charge is -2.10. The summed E-state index contributed by atoms with van der Waals surface area (Å²) in [5.41, 5.74) is 11.1. The summed E-state index contributed by atoms with van der Waals surface area (Å²) in [7, 11) is 0. The molecule has 4 nitrogen and oxygen atoms in total. The van der Waals surface area contributed by atoms with Crippen molar-refractivity contribution in [3.63, 3.8) is 0 Å². The van der Waals surface area contributed by atoms with E-state index < -0.39 is 0 Å². The first-order valence-corrected chi connectivity index (χ1v) is 16.5. The number of rotatable bonds is 6. The van der Waals surface area contributed by atoms with Crippen LogP contribution >= 0.6 is 0 Å². The Hall–Kier alpha value is -6.65. The van der Waals surface area contributed by atoms with Gasteiger partial charge in [-0.05, 0) is 52.6 Å².